The zero-order chi connectivity index (χ0) is 15.9. The van der Waals surface area contributed by atoms with Gasteiger partial charge in [-0.25, -0.2) is 0 Å². The molecule has 5 heteroatoms. The van der Waals surface area contributed by atoms with Crippen molar-refractivity contribution in [3.8, 4) is 5.75 Å². The van der Waals surface area contributed by atoms with E-state index in [4.69, 9.17) is 9.15 Å². The minimum Gasteiger partial charge on any atom is -0.492 e. The molecule has 0 aliphatic carbocycles. The van der Waals surface area contributed by atoms with E-state index < -0.39 is 0 Å². The minimum absolute atomic E-state index is 0.0852. The summed E-state index contributed by atoms with van der Waals surface area (Å²) in [5.41, 5.74) is 0.691. The van der Waals surface area contributed by atoms with Crippen molar-refractivity contribution in [2.45, 2.75) is 20.4 Å². The Kier molecular flexibility index (Phi) is 5.61. The first kappa shape index (κ1) is 16.1. The van der Waals surface area contributed by atoms with Gasteiger partial charge in [0, 0.05) is 0 Å². The zero-order valence-corrected chi connectivity index (χ0v) is 13.3. The Morgan fingerprint density at radius 3 is 2.73 bits per heavy atom. The Labute approximate surface area is 130 Å². The standard InChI is InChI=1S/C17H22N2O3/c1-4-21-16-8-6-5-7-15(16)18-17(20)12-19(3)11-14-10-9-13(2)22-14/h5-10H,4,11-12H2,1-3H3,(H,18,20). The first-order valence-corrected chi connectivity index (χ1v) is 7.34. The molecule has 118 valence electrons. The number of anilines is 1. The van der Waals surface area contributed by atoms with Gasteiger partial charge in [-0.05, 0) is 45.2 Å². The topological polar surface area (TPSA) is 54.7 Å². The van der Waals surface area contributed by atoms with E-state index in [1.807, 2.05) is 62.2 Å². The summed E-state index contributed by atoms with van der Waals surface area (Å²) in [6, 6.07) is 11.3. The summed E-state index contributed by atoms with van der Waals surface area (Å²) in [6.07, 6.45) is 0. The third-order valence-electron chi connectivity index (χ3n) is 3.10. The fraction of sp³-hybridized carbons (Fsp3) is 0.353. The van der Waals surface area contributed by atoms with Crippen molar-refractivity contribution in [3.05, 3.63) is 47.9 Å². The molecule has 0 aliphatic heterocycles. The molecule has 0 fully saturated rings. The lowest BCUT2D eigenvalue weighted by Gasteiger charge is -2.16. The number of rotatable bonds is 7. The number of likely N-dealkylation sites (N-methyl/N-ethyl adjacent to an activating group) is 1. The second-order valence-corrected chi connectivity index (χ2v) is 5.16. The van der Waals surface area contributed by atoms with Crippen LogP contribution in [0.1, 0.15) is 18.4 Å². The largest absolute Gasteiger partial charge is 0.492 e. The fourth-order valence-corrected chi connectivity index (χ4v) is 2.18. The summed E-state index contributed by atoms with van der Waals surface area (Å²) in [4.78, 5) is 14.0. The van der Waals surface area contributed by atoms with Gasteiger partial charge >= 0.3 is 0 Å². The van der Waals surface area contributed by atoms with E-state index in [0.717, 1.165) is 11.5 Å². The number of nitrogens with zero attached hydrogens (tertiary/aromatic N) is 1. The fourth-order valence-electron chi connectivity index (χ4n) is 2.18. The SMILES string of the molecule is CCOc1ccccc1NC(=O)CN(C)Cc1ccc(C)o1. The quantitative estimate of drug-likeness (QED) is 0.854. The average molecular weight is 302 g/mol. The van der Waals surface area contributed by atoms with Crippen molar-refractivity contribution in [1.29, 1.82) is 0 Å². The van der Waals surface area contributed by atoms with Crippen LogP contribution in [0, 0.1) is 6.92 Å². The van der Waals surface area contributed by atoms with Crippen LogP contribution in [-0.4, -0.2) is 31.0 Å². The summed E-state index contributed by atoms with van der Waals surface area (Å²) in [5.74, 6) is 2.32. The maximum atomic E-state index is 12.1. The van der Waals surface area contributed by atoms with Crippen molar-refractivity contribution in [1.82, 2.24) is 4.90 Å². The molecule has 0 radical (unpaired) electrons. The van der Waals surface area contributed by atoms with Crippen LogP contribution < -0.4 is 10.1 Å². The second kappa shape index (κ2) is 7.66. The second-order valence-electron chi connectivity index (χ2n) is 5.16. The van der Waals surface area contributed by atoms with Gasteiger partial charge in [-0.3, -0.25) is 9.69 Å². The molecule has 2 rings (SSSR count). The third kappa shape index (κ3) is 4.63. The highest BCUT2D eigenvalue weighted by molar-refractivity contribution is 5.93. The highest BCUT2D eigenvalue weighted by Gasteiger charge is 2.11. The number of furan rings is 1. The number of nitrogens with one attached hydrogen (secondary N) is 1. The molecule has 1 amide bonds. The number of carbonyl (C=O) groups is 1. The number of hydrogen-bond donors (Lipinski definition) is 1. The molecule has 0 saturated carbocycles. The lowest BCUT2D eigenvalue weighted by atomic mass is 10.3. The van der Waals surface area contributed by atoms with Crippen LogP contribution in [0.2, 0.25) is 0 Å². The van der Waals surface area contributed by atoms with Crippen molar-refractivity contribution in [2.75, 3.05) is 25.5 Å². The normalized spacial score (nSPS) is 10.7. The molecule has 0 spiro atoms. The van der Waals surface area contributed by atoms with Crippen LogP contribution in [0.4, 0.5) is 5.69 Å². The number of hydrogen-bond acceptors (Lipinski definition) is 4. The smallest absolute Gasteiger partial charge is 0.238 e. The Balaban J connectivity index is 1.89. The third-order valence-corrected chi connectivity index (χ3v) is 3.10. The number of benzene rings is 1. The molecule has 1 aromatic heterocycles. The zero-order valence-electron chi connectivity index (χ0n) is 13.3. The van der Waals surface area contributed by atoms with Gasteiger partial charge in [-0.2, -0.15) is 0 Å². The number of aryl methyl sites for hydroxylation is 1. The van der Waals surface area contributed by atoms with Gasteiger partial charge in [0.25, 0.3) is 0 Å². The van der Waals surface area contributed by atoms with Gasteiger partial charge in [0.15, 0.2) is 0 Å². The summed E-state index contributed by atoms with van der Waals surface area (Å²) in [7, 11) is 1.88. The van der Waals surface area contributed by atoms with Gasteiger partial charge in [-0.15, -0.1) is 0 Å². The summed E-state index contributed by atoms with van der Waals surface area (Å²) >= 11 is 0. The average Bonchev–Trinajstić information content (AvgIpc) is 2.86. The predicted molar refractivity (Wildman–Crippen MR) is 86.0 cm³/mol. The van der Waals surface area contributed by atoms with Gasteiger partial charge in [0.05, 0.1) is 25.4 Å². The first-order valence-electron chi connectivity index (χ1n) is 7.34. The van der Waals surface area contributed by atoms with Crippen molar-refractivity contribution in [3.63, 3.8) is 0 Å². The molecule has 0 saturated heterocycles. The summed E-state index contributed by atoms with van der Waals surface area (Å²) in [5, 5.41) is 2.88. The van der Waals surface area contributed by atoms with Crippen LogP contribution in [-0.2, 0) is 11.3 Å². The molecule has 1 N–H and O–H groups in total. The Hall–Kier alpha value is -2.27. The number of ether oxygens (including phenoxy) is 1. The molecule has 1 aromatic carbocycles. The van der Waals surface area contributed by atoms with Crippen LogP contribution in [0.5, 0.6) is 5.75 Å². The molecule has 1 heterocycles. The van der Waals surface area contributed by atoms with Crippen molar-refractivity contribution >= 4 is 11.6 Å². The van der Waals surface area contributed by atoms with Crippen molar-refractivity contribution < 1.29 is 13.9 Å². The van der Waals surface area contributed by atoms with Crippen LogP contribution in [0.3, 0.4) is 0 Å². The Morgan fingerprint density at radius 2 is 2.05 bits per heavy atom. The van der Waals surface area contributed by atoms with Gasteiger partial charge < -0.3 is 14.5 Å². The van der Waals surface area contributed by atoms with E-state index in [2.05, 4.69) is 5.32 Å². The van der Waals surface area contributed by atoms with E-state index in [0.29, 0.717) is 24.6 Å². The molecular formula is C17H22N2O3. The van der Waals surface area contributed by atoms with E-state index in [1.165, 1.54) is 0 Å². The Morgan fingerprint density at radius 1 is 1.27 bits per heavy atom. The van der Waals surface area contributed by atoms with E-state index in [1.54, 1.807) is 0 Å². The van der Waals surface area contributed by atoms with Gasteiger partial charge in [-0.1, -0.05) is 12.1 Å². The molecular weight excluding hydrogens is 280 g/mol. The molecule has 2 aromatic rings. The van der Waals surface area contributed by atoms with E-state index >= 15 is 0 Å². The first-order chi connectivity index (χ1) is 10.6. The Bertz CT molecular complexity index is 622. The van der Waals surface area contributed by atoms with Crippen LogP contribution in [0.25, 0.3) is 0 Å². The molecule has 0 atom stereocenters. The number of para-hydroxylation sites is 2. The lowest BCUT2D eigenvalue weighted by Crippen LogP contribution is -2.29. The van der Waals surface area contributed by atoms with Crippen LogP contribution >= 0.6 is 0 Å². The minimum atomic E-state index is -0.0852. The monoisotopic (exact) mass is 302 g/mol. The maximum absolute atomic E-state index is 12.1. The lowest BCUT2D eigenvalue weighted by molar-refractivity contribution is -0.117. The number of carbonyl (C=O) groups excluding carboxylic acids is 1. The van der Waals surface area contributed by atoms with E-state index in [9.17, 15) is 4.79 Å². The summed E-state index contributed by atoms with van der Waals surface area (Å²) in [6.45, 7) is 5.25. The predicted octanol–water partition coefficient (Wildman–Crippen LogP) is 3.06. The highest BCUT2D eigenvalue weighted by Crippen LogP contribution is 2.23. The summed E-state index contributed by atoms with van der Waals surface area (Å²) < 4.78 is 11.0. The molecule has 0 bridgehead atoms. The molecule has 0 aliphatic rings. The number of amides is 1. The molecule has 5 nitrogen and oxygen atoms in total. The van der Waals surface area contributed by atoms with Crippen molar-refractivity contribution in [2.24, 2.45) is 0 Å². The van der Waals surface area contributed by atoms with Gasteiger partial charge in [0.1, 0.15) is 17.3 Å². The maximum Gasteiger partial charge on any atom is 0.238 e. The molecule has 0 unspecified atom stereocenters. The van der Waals surface area contributed by atoms with Crippen LogP contribution in [0.15, 0.2) is 40.8 Å². The molecule has 22 heavy (non-hydrogen) atoms. The van der Waals surface area contributed by atoms with Gasteiger partial charge in [0.2, 0.25) is 5.91 Å². The highest BCUT2D eigenvalue weighted by atomic mass is 16.5. The van der Waals surface area contributed by atoms with E-state index in [-0.39, 0.29) is 12.5 Å².